The van der Waals surface area contributed by atoms with Gasteiger partial charge in [-0.15, -0.1) is 0 Å². The van der Waals surface area contributed by atoms with E-state index in [-0.39, 0.29) is 0 Å². The van der Waals surface area contributed by atoms with Crippen molar-refractivity contribution in [2.75, 3.05) is 11.9 Å². The Morgan fingerprint density at radius 3 is 2.16 bits per heavy atom. The Morgan fingerprint density at radius 2 is 1.63 bits per heavy atom. The Hall–Kier alpha value is -1.23. The quantitative estimate of drug-likeness (QED) is 0.877. The van der Waals surface area contributed by atoms with Gasteiger partial charge in [-0.25, -0.2) is 0 Å². The van der Waals surface area contributed by atoms with E-state index in [1.807, 2.05) is 0 Å². The molecule has 0 aliphatic heterocycles. The molecule has 0 heterocycles. The van der Waals surface area contributed by atoms with Crippen molar-refractivity contribution in [2.24, 2.45) is 0 Å². The van der Waals surface area contributed by atoms with Gasteiger partial charge in [0, 0.05) is 12.2 Å². The van der Waals surface area contributed by atoms with Crippen LogP contribution in [-0.2, 0) is 6.18 Å². The molecule has 0 atom stereocenters. The summed E-state index contributed by atoms with van der Waals surface area (Å²) in [6.45, 7) is 0.387. The average Bonchev–Trinajstić information content (AvgIpc) is 2.37. The first kappa shape index (κ1) is 14.2. The molecule has 2 nitrogen and oxygen atoms in total. The van der Waals surface area contributed by atoms with Gasteiger partial charge in [0.15, 0.2) is 0 Å². The van der Waals surface area contributed by atoms with E-state index >= 15 is 0 Å². The predicted molar refractivity (Wildman–Crippen MR) is 68.0 cm³/mol. The highest BCUT2D eigenvalue weighted by Crippen LogP contribution is 2.31. The zero-order chi connectivity index (χ0) is 13.9. The van der Waals surface area contributed by atoms with Gasteiger partial charge in [0.2, 0.25) is 0 Å². The Balaban J connectivity index is 1.93. The third kappa shape index (κ3) is 3.86. The number of halogens is 3. The summed E-state index contributed by atoms with van der Waals surface area (Å²) in [4.78, 5) is 0. The molecule has 106 valence electrons. The molecule has 1 aromatic rings. The minimum atomic E-state index is -4.31. The predicted octanol–water partition coefficient (Wildman–Crippen LogP) is 3.81. The van der Waals surface area contributed by atoms with Crippen molar-refractivity contribution in [3.63, 3.8) is 0 Å². The Bertz CT molecular complexity index is 408. The molecule has 2 N–H and O–H groups in total. The first-order chi connectivity index (χ1) is 8.89. The molecule has 0 radical (unpaired) electrons. The zero-order valence-corrected chi connectivity index (χ0v) is 10.6. The van der Waals surface area contributed by atoms with E-state index in [0.29, 0.717) is 12.2 Å². The van der Waals surface area contributed by atoms with Gasteiger partial charge in [-0.05, 0) is 37.1 Å². The normalized spacial score (nSPS) is 19.2. The van der Waals surface area contributed by atoms with Gasteiger partial charge >= 0.3 is 6.18 Å². The monoisotopic (exact) mass is 273 g/mol. The number of benzene rings is 1. The fraction of sp³-hybridized carbons (Fsp3) is 0.571. The summed E-state index contributed by atoms with van der Waals surface area (Å²) in [6, 6.07) is 4.89. The minimum absolute atomic E-state index is 0.387. The topological polar surface area (TPSA) is 32.3 Å². The molecule has 5 heteroatoms. The van der Waals surface area contributed by atoms with Crippen LogP contribution in [0.15, 0.2) is 24.3 Å². The lowest BCUT2D eigenvalue weighted by Crippen LogP contribution is -2.38. The van der Waals surface area contributed by atoms with Crippen LogP contribution in [0.1, 0.15) is 37.7 Å². The van der Waals surface area contributed by atoms with Crippen LogP contribution in [0.5, 0.6) is 0 Å². The van der Waals surface area contributed by atoms with Crippen LogP contribution in [0, 0.1) is 0 Å². The van der Waals surface area contributed by atoms with Crippen molar-refractivity contribution in [1.29, 1.82) is 0 Å². The number of hydrogen-bond acceptors (Lipinski definition) is 2. The van der Waals surface area contributed by atoms with Crippen molar-refractivity contribution in [2.45, 2.75) is 43.9 Å². The summed E-state index contributed by atoms with van der Waals surface area (Å²) in [7, 11) is 0. The van der Waals surface area contributed by atoms with Gasteiger partial charge in [-0.3, -0.25) is 0 Å². The van der Waals surface area contributed by atoms with E-state index in [1.54, 1.807) is 0 Å². The molecular formula is C14H18F3NO. The van der Waals surface area contributed by atoms with E-state index in [0.717, 1.165) is 44.2 Å². The van der Waals surface area contributed by atoms with E-state index < -0.39 is 17.3 Å². The molecule has 1 fully saturated rings. The Kier molecular flexibility index (Phi) is 4.04. The zero-order valence-electron chi connectivity index (χ0n) is 10.6. The second-order valence-corrected chi connectivity index (χ2v) is 5.21. The number of alkyl halides is 3. The molecule has 1 aliphatic carbocycles. The molecule has 1 saturated carbocycles. The van der Waals surface area contributed by atoms with Crippen molar-refractivity contribution in [3.8, 4) is 0 Å². The van der Waals surface area contributed by atoms with Gasteiger partial charge in [0.1, 0.15) is 0 Å². The summed E-state index contributed by atoms with van der Waals surface area (Å²) in [5.74, 6) is 0. The Morgan fingerprint density at radius 1 is 1.05 bits per heavy atom. The molecule has 19 heavy (non-hydrogen) atoms. The van der Waals surface area contributed by atoms with Crippen LogP contribution in [0.3, 0.4) is 0 Å². The van der Waals surface area contributed by atoms with Crippen molar-refractivity contribution in [1.82, 2.24) is 0 Å². The molecule has 1 aromatic carbocycles. The van der Waals surface area contributed by atoms with Crippen LogP contribution in [0.4, 0.5) is 18.9 Å². The molecule has 0 amide bonds. The van der Waals surface area contributed by atoms with Crippen LogP contribution in [0.2, 0.25) is 0 Å². The summed E-state index contributed by atoms with van der Waals surface area (Å²) >= 11 is 0. The fourth-order valence-corrected chi connectivity index (χ4v) is 2.43. The third-order valence-electron chi connectivity index (χ3n) is 3.62. The summed E-state index contributed by atoms with van der Waals surface area (Å²) in [5, 5.41) is 13.3. The number of nitrogens with one attached hydrogen (secondary N) is 1. The molecule has 0 saturated heterocycles. The van der Waals surface area contributed by atoms with Crippen LogP contribution >= 0.6 is 0 Å². The van der Waals surface area contributed by atoms with Crippen molar-refractivity contribution < 1.29 is 18.3 Å². The highest BCUT2D eigenvalue weighted by molar-refractivity contribution is 5.45. The number of aliphatic hydroxyl groups is 1. The lowest BCUT2D eigenvalue weighted by atomic mass is 9.85. The van der Waals surface area contributed by atoms with Gasteiger partial charge in [0.05, 0.1) is 11.2 Å². The molecule has 0 spiro atoms. The standard InChI is InChI=1S/C14H18F3NO/c15-14(16,17)11-4-6-12(7-5-11)18-10-13(19)8-2-1-3-9-13/h4-7,18-19H,1-3,8-10H2. The first-order valence-electron chi connectivity index (χ1n) is 6.53. The highest BCUT2D eigenvalue weighted by Gasteiger charge is 2.30. The minimum Gasteiger partial charge on any atom is -0.388 e. The van der Waals surface area contributed by atoms with Gasteiger partial charge < -0.3 is 10.4 Å². The van der Waals surface area contributed by atoms with E-state index in [2.05, 4.69) is 5.32 Å². The maximum absolute atomic E-state index is 12.4. The van der Waals surface area contributed by atoms with Crippen LogP contribution in [0.25, 0.3) is 0 Å². The SMILES string of the molecule is OC1(CNc2ccc(C(F)(F)F)cc2)CCCCC1. The van der Waals surface area contributed by atoms with Crippen molar-refractivity contribution >= 4 is 5.69 Å². The van der Waals surface area contributed by atoms with E-state index in [9.17, 15) is 18.3 Å². The molecule has 2 rings (SSSR count). The van der Waals surface area contributed by atoms with E-state index in [4.69, 9.17) is 0 Å². The Labute approximate surface area is 110 Å². The number of rotatable bonds is 3. The summed E-state index contributed by atoms with van der Waals surface area (Å²) in [6.07, 6.45) is 0.348. The molecule has 1 aliphatic rings. The largest absolute Gasteiger partial charge is 0.416 e. The fourth-order valence-electron chi connectivity index (χ4n) is 2.43. The maximum Gasteiger partial charge on any atom is 0.416 e. The molecule has 0 bridgehead atoms. The number of hydrogen-bond donors (Lipinski definition) is 2. The van der Waals surface area contributed by atoms with E-state index in [1.165, 1.54) is 12.1 Å². The molecular weight excluding hydrogens is 255 g/mol. The smallest absolute Gasteiger partial charge is 0.388 e. The van der Waals surface area contributed by atoms with Crippen LogP contribution in [-0.4, -0.2) is 17.3 Å². The average molecular weight is 273 g/mol. The maximum atomic E-state index is 12.4. The van der Waals surface area contributed by atoms with Gasteiger partial charge in [0.25, 0.3) is 0 Å². The summed E-state index contributed by atoms with van der Waals surface area (Å²) < 4.78 is 37.2. The first-order valence-corrected chi connectivity index (χ1v) is 6.53. The third-order valence-corrected chi connectivity index (χ3v) is 3.62. The summed E-state index contributed by atoms with van der Waals surface area (Å²) in [5.41, 5.74) is -0.776. The lowest BCUT2D eigenvalue weighted by molar-refractivity contribution is -0.137. The van der Waals surface area contributed by atoms with Crippen LogP contribution < -0.4 is 5.32 Å². The van der Waals surface area contributed by atoms with Gasteiger partial charge in [-0.2, -0.15) is 13.2 Å². The van der Waals surface area contributed by atoms with Gasteiger partial charge in [-0.1, -0.05) is 19.3 Å². The second-order valence-electron chi connectivity index (χ2n) is 5.21. The highest BCUT2D eigenvalue weighted by atomic mass is 19.4. The molecule has 0 aromatic heterocycles. The molecule has 0 unspecified atom stereocenters. The lowest BCUT2D eigenvalue weighted by Gasteiger charge is -2.32. The number of anilines is 1. The second kappa shape index (κ2) is 5.41. The van der Waals surface area contributed by atoms with Crippen molar-refractivity contribution in [3.05, 3.63) is 29.8 Å².